The first-order valence-electron chi connectivity index (χ1n) is 11.3. The molecule has 0 aliphatic heterocycles. The van der Waals surface area contributed by atoms with Crippen LogP contribution in [-0.2, 0) is 15.3 Å². The van der Waals surface area contributed by atoms with Crippen molar-refractivity contribution in [3.05, 3.63) is 107 Å². The van der Waals surface area contributed by atoms with Gasteiger partial charge in [-0.3, -0.25) is 0 Å². The molecule has 0 bridgehead atoms. The summed E-state index contributed by atoms with van der Waals surface area (Å²) < 4.78 is 27.4. The molecule has 4 rings (SSSR count). The minimum Gasteiger partial charge on any atom is -0.478 e. The number of fused-ring (bicyclic) bond motifs is 1. The van der Waals surface area contributed by atoms with Crippen molar-refractivity contribution in [2.75, 3.05) is 0 Å². The number of hydrogen-bond donors (Lipinski definition) is 1. The van der Waals surface area contributed by atoms with E-state index in [0.29, 0.717) is 17.7 Å². The molecular formula is C29H28O4S. The van der Waals surface area contributed by atoms with Crippen LogP contribution in [0.1, 0.15) is 66.2 Å². The molecule has 1 aliphatic carbocycles. The minimum atomic E-state index is -3.70. The normalized spacial score (nSPS) is 15.4. The van der Waals surface area contributed by atoms with Crippen LogP contribution < -0.4 is 0 Å². The van der Waals surface area contributed by atoms with Crippen LogP contribution in [0.5, 0.6) is 0 Å². The lowest BCUT2D eigenvalue weighted by atomic mass is 9.74. The van der Waals surface area contributed by atoms with E-state index in [2.05, 4.69) is 13.8 Å². The number of carboxylic acid groups (broad SMARTS) is 1. The van der Waals surface area contributed by atoms with Gasteiger partial charge in [-0.25, -0.2) is 13.2 Å². The predicted octanol–water partition coefficient (Wildman–Crippen LogP) is 6.83. The molecule has 0 atom stereocenters. The van der Waals surface area contributed by atoms with Gasteiger partial charge in [-0.1, -0.05) is 81.5 Å². The Morgan fingerprint density at radius 1 is 0.941 bits per heavy atom. The molecule has 5 heteroatoms. The molecule has 0 heterocycles. The number of sulfone groups is 1. The quantitative estimate of drug-likeness (QED) is 0.399. The number of rotatable bonds is 6. The van der Waals surface area contributed by atoms with Gasteiger partial charge < -0.3 is 5.11 Å². The van der Waals surface area contributed by atoms with Crippen molar-refractivity contribution in [3.8, 4) is 0 Å². The van der Waals surface area contributed by atoms with E-state index in [-0.39, 0.29) is 15.9 Å². The van der Waals surface area contributed by atoms with E-state index < -0.39 is 15.8 Å². The second-order valence-electron chi connectivity index (χ2n) is 9.15. The van der Waals surface area contributed by atoms with E-state index >= 15 is 0 Å². The van der Waals surface area contributed by atoms with Crippen LogP contribution in [0.25, 0.3) is 16.6 Å². The molecule has 0 fully saturated rings. The van der Waals surface area contributed by atoms with Crippen molar-refractivity contribution >= 4 is 32.4 Å². The summed E-state index contributed by atoms with van der Waals surface area (Å²) in [6, 6.07) is 21.3. The maximum Gasteiger partial charge on any atom is 0.335 e. The van der Waals surface area contributed by atoms with Gasteiger partial charge in [-0.2, -0.15) is 0 Å². The third-order valence-corrected chi connectivity index (χ3v) is 8.27. The van der Waals surface area contributed by atoms with Crippen molar-refractivity contribution in [3.63, 3.8) is 0 Å². The van der Waals surface area contributed by atoms with Gasteiger partial charge in [0, 0.05) is 5.56 Å². The Balaban J connectivity index is 1.90. The summed E-state index contributed by atoms with van der Waals surface area (Å²) >= 11 is 0. The van der Waals surface area contributed by atoms with Gasteiger partial charge in [0.15, 0.2) is 0 Å². The van der Waals surface area contributed by atoms with Crippen LogP contribution >= 0.6 is 0 Å². The van der Waals surface area contributed by atoms with Crippen molar-refractivity contribution in [2.45, 2.75) is 43.9 Å². The van der Waals surface area contributed by atoms with E-state index in [1.807, 2.05) is 43.3 Å². The lowest BCUT2D eigenvalue weighted by Gasteiger charge is -2.33. The predicted molar refractivity (Wildman–Crippen MR) is 137 cm³/mol. The van der Waals surface area contributed by atoms with Crippen LogP contribution in [0.15, 0.2) is 83.8 Å². The van der Waals surface area contributed by atoms with Gasteiger partial charge >= 0.3 is 5.97 Å². The molecule has 0 amide bonds. The average Bonchev–Trinajstić information content (AvgIpc) is 2.83. The monoisotopic (exact) mass is 472 g/mol. The molecule has 34 heavy (non-hydrogen) atoms. The maximum atomic E-state index is 13.7. The van der Waals surface area contributed by atoms with Crippen LogP contribution in [0.4, 0.5) is 0 Å². The molecule has 3 aromatic rings. The average molecular weight is 473 g/mol. The highest BCUT2D eigenvalue weighted by atomic mass is 32.2. The Morgan fingerprint density at radius 2 is 1.59 bits per heavy atom. The molecule has 0 aromatic heterocycles. The molecule has 3 aromatic carbocycles. The molecule has 1 aliphatic rings. The van der Waals surface area contributed by atoms with Crippen LogP contribution in [0.3, 0.4) is 0 Å². The highest BCUT2D eigenvalue weighted by molar-refractivity contribution is 8.00. The van der Waals surface area contributed by atoms with E-state index in [1.165, 1.54) is 0 Å². The second kappa shape index (κ2) is 9.07. The summed E-state index contributed by atoms with van der Waals surface area (Å²) in [5, 5.41) is 9.21. The van der Waals surface area contributed by atoms with Gasteiger partial charge in [-0.15, -0.1) is 0 Å². The maximum absolute atomic E-state index is 13.7. The molecule has 0 spiro atoms. The molecule has 1 N–H and O–H groups in total. The molecular weight excluding hydrogens is 444 g/mol. The fourth-order valence-electron chi connectivity index (χ4n) is 4.46. The fourth-order valence-corrected chi connectivity index (χ4v) is 6.03. The Morgan fingerprint density at radius 3 is 2.21 bits per heavy atom. The third-order valence-electron chi connectivity index (χ3n) is 6.43. The Hall–Kier alpha value is -3.44. The van der Waals surface area contributed by atoms with Crippen molar-refractivity contribution in [2.24, 2.45) is 0 Å². The van der Waals surface area contributed by atoms with Gasteiger partial charge in [0.05, 0.1) is 15.4 Å². The third kappa shape index (κ3) is 4.36. The molecule has 4 nitrogen and oxygen atoms in total. The molecule has 0 saturated heterocycles. The zero-order chi connectivity index (χ0) is 24.5. The van der Waals surface area contributed by atoms with Crippen molar-refractivity contribution in [1.29, 1.82) is 0 Å². The highest BCUT2D eigenvalue weighted by Crippen LogP contribution is 2.44. The summed E-state index contributed by atoms with van der Waals surface area (Å²) in [6.45, 7) is 6.30. The van der Waals surface area contributed by atoms with Crippen LogP contribution in [0.2, 0.25) is 0 Å². The van der Waals surface area contributed by atoms with Gasteiger partial charge in [0.25, 0.3) is 0 Å². The molecule has 0 saturated carbocycles. The summed E-state index contributed by atoms with van der Waals surface area (Å²) in [5.74, 6) is -0.964. The molecule has 174 valence electrons. The van der Waals surface area contributed by atoms with E-state index in [9.17, 15) is 18.3 Å². The number of carboxylic acids is 1. The Bertz CT molecular complexity index is 1390. The smallest absolute Gasteiger partial charge is 0.335 e. The summed E-state index contributed by atoms with van der Waals surface area (Å²) in [4.78, 5) is 11.9. The van der Waals surface area contributed by atoms with E-state index in [4.69, 9.17) is 0 Å². The fraction of sp³-hybridized carbons (Fsp3) is 0.207. The van der Waals surface area contributed by atoms with Crippen LogP contribution in [-0.4, -0.2) is 19.5 Å². The number of aromatic carboxylic acids is 1. The summed E-state index contributed by atoms with van der Waals surface area (Å²) in [7, 11) is -3.70. The van der Waals surface area contributed by atoms with Crippen LogP contribution in [0, 0.1) is 0 Å². The highest BCUT2D eigenvalue weighted by Gasteiger charge is 2.35. The standard InChI is InChI=1S/C29H28O4S/c1-4-20(21-13-15-22(16-14-21)28(30)31)19-23-9-8-12-25-27(23)26(17-18-29(25,2)3)34(32,33)24-10-6-5-7-11-24/h5-17,19H,4,18H2,1-3H3,(H,30,31). The first kappa shape index (κ1) is 23.7. The number of hydrogen-bond acceptors (Lipinski definition) is 3. The van der Waals surface area contributed by atoms with E-state index in [0.717, 1.165) is 27.8 Å². The number of allylic oxidation sites excluding steroid dienone is 2. The second-order valence-corrected chi connectivity index (χ2v) is 11.1. The Kier molecular flexibility index (Phi) is 6.32. The van der Waals surface area contributed by atoms with E-state index in [1.54, 1.807) is 48.5 Å². The lowest BCUT2D eigenvalue weighted by molar-refractivity contribution is 0.0697. The zero-order valence-electron chi connectivity index (χ0n) is 19.6. The van der Waals surface area contributed by atoms with Gasteiger partial charge in [0.1, 0.15) is 0 Å². The van der Waals surface area contributed by atoms with Crippen molar-refractivity contribution < 1.29 is 18.3 Å². The first-order valence-corrected chi connectivity index (χ1v) is 12.8. The largest absolute Gasteiger partial charge is 0.478 e. The number of benzene rings is 3. The lowest BCUT2D eigenvalue weighted by Crippen LogP contribution is -2.24. The Labute approximate surface area is 201 Å². The van der Waals surface area contributed by atoms with Gasteiger partial charge in [0.2, 0.25) is 9.84 Å². The summed E-state index contributed by atoms with van der Waals surface area (Å²) in [6.07, 6.45) is 5.23. The molecule has 0 unspecified atom stereocenters. The summed E-state index contributed by atoms with van der Waals surface area (Å²) in [5.41, 5.74) is 4.55. The topological polar surface area (TPSA) is 71.4 Å². The van der Waals surface area contributed by atoms with Gasteiger partial charge in [-0.05, 0) is 64.8 Å². The van der Waals surface area contributed by atoms with Crippen molar-refractivity contribution in [1.82, 2.24) is 0 Å². The SMILES string of the molecule is CCC(=Cc1cccc2c1C(S(=O)(=O)c1ccccc1)=CCC2(C)C)c1ccc(C(=O)O)cc1. The number of carbonyl (C=O) groups is 1. The zero-order valence-corrected chi connectivity index (χ0v) is 20.4. The molecule has 0 radical (unpaired) electrons. The first-order chi connectivity index (χ1) is 16.1. The minimum absolute atomic E-state index is 0.204.